The first-order valence-corrected chi connectivity index (χ1v) is 6.56. The highest BCUT2D eigenvalue weighted by molar-refractivity contribution is 7.91. The van der Waals surface area contributed by atoms with E-state index in [9.17, 15) is 8.42 Å². The van der Waals surface area contributed by atoms with E-state index in [0.29, 0.717) is 6.54 Å². The maximum absolute atomic E-state index is 11.2. The fourth-order valence-electron chi connectivity index (χ4n) is 1.15. The van der Waals surface area contributed by atoms with Crippen LogP contribution in [-0.4, -0.2) is 38.2 Å². The van der Waals surface area contributed by atoms with Crippen molar-refractivity contribution in [2.75, 3.05) is 30.0 Å². The van der Waals surface area contributed by atoms with Gasteiger partial charge < -0.3 is 10.4 Å². The van der Waals surface area contributed by atoms with E-state index in [1.54, 1.807) is 0 Å². The van der Waals surface area contributed by atoms with Gasteiger partial charge >= 0.3 is 0 Å². The molecule has 0 amide bonds. The molecule has 4 nitrogen and oxygen atoms in total. The number of aliphatic hydroxyl groups is 1. The Balaban J connectivity index is 2.34. The van der Waals surface area contributed by atoms with Crippen molar-refractivity contribution in [3.63, 3.8) is 0 Å². The predicted octanol–water partition coefficient (Wildman–Crippen LogP) is 0.506. The van der Waals surface area contributed by atoms with Crippen LogP contribution in [0.15, 0.2) is 30.3 Å². The van der Waals surface area contributed by atoms with Crippen LogP contribution in [-0.2, 0) is 9.84 Å². The Morgan fingerprint density at radius 1 is 1.13 bits per heavy atom. The molecule has 0 spiro atoms. The second kappa shape index (κ2) is 5.72. The summed E-state index contributed by atoms with van der Waals surface area (Å²) in [6.07, 6.45) is 0. The molecule has 0 saturated carbocycles. The number of sulfone groups is 1. The van der Waals surface area contributed by atoms with Gasteiger partial charge in [-0.15, -0.1) is 0 Å². The molecule has 1 aromatic carbocycles. The van der Waals surface area contributed by atoms with Crippen LogP contribution in [0.1, 0.15) is 0 Å². The lowest BCUT2D eigenvalue weighted by molar-refractivity contribution is 0.319. The predicted molar refractivity (Wildman–Crippen MR) is 60.7 cm³/mol. The molecular weight excluding hydrogens is 214 g/mol. The molecule has 0 aliphatic rings. The first-order valence-electron chi connectivity index (χ1n) is 4.74. The second-order valence-corrected chi connectivity index (χ2v) is 5.47. The van der Waals surface area contributed by atoms with E-state index in [-0.39, 0.29) is 18.1 Å². The molecule has 0 aromatic heterocycles. The molecule has 0 bridgehead atoms. The minimum absolute atomic E-state index is 0.0441. The van der Waals surface area contributed by atoms with E-state index in [0.717, 1.165) is 5.69 Å². The SMILES string of the molecule is O=S(=O)(CCO)CCNc1ccccc1. The normalized spacial score (nSPS) is 11.3. The topological polar surface area (TPSA) is 66.4 Å². The van der Waals surface area contributed by atoms with E-state index >= 15 is 0 Å². The molecule has 15 heavy (non-hydrogen) atoms. The van der Waals surface area contributed by atoms with Gasteiger partial charge in [-0.1, -0.05) is 18.2 Å². The van der Waals surface area contributed by atoms with E-state index in [4.69, 9.17) is 5.11 Å². The van der Waals surface area contributed by atoms with Crippen LogP contribution in [0.2, 0.25) is 0 Å². The van der Waals surface area contributed by atoms with Crippen molar-refractivity contribution in [3.8, 4) is 0 Å². The van der Waals surface area contributed by atoms with Crippen LogP contribution in [0.5, 0.6) is 0 Å². The Bertz CT molecular complexity index is 375. The smallest absolute Gasteiger partial charge is 0.154 e. The number of aliphatic hydroxyl groups excluding tert-OH is 1. The summed E-state index contributed by atoms with van der Waals surface area (Å²) in [4.78, 5) is 0. The quantitative estimate of drug-likeness (QED) is 0.745. The van der Waals surface area contributed by atoms with Crippen molar-refractivity contribution in [2.45, 2.75) is 0 Å². The monoisotopic (exact) mass is 229 g/mol. The van der Waals surface area contributed by atoms with Crippen molar-refractivity contribution >= 4 is 15.5 Å². The number of hydrogen-bond donors (Lipinski definition) is 2. The minimum Gasteiger partial charge on any atom is -0.395 e. The molecule has 0 aliphatic heterocycles. The lowest BCUT2D eigenvalue weighted by Crippen LogP contribution is -2.20. The summed E-state index contributed by atoms with van der Waals surface area (Å²) < 4.78 is 22.4. The third-order valence-electron chi connectivity index (χ3n) is 1.92. The van der Waals surface area contributed by atoms with E-state index in [1.807, 2.05) is 30.3 Å². The Morgan fingerprint density at radius 2 is 1.80 bits per heavy atom. The summed E-state index contributed by atoms with van der Waals surface area (Å²) >= 11 is 0. The molecule has 0 unspecified atom stereocenters. The van der Waals surface area contributed by atoms with Crippen LogP contribution < -0.4 is 5.32 Å². The summed E-state index contributed by atoms with van der Waals surface area (Å²) in [5.74, 6) is -0.119. The van der Waals surface area contributed by atoms with Crippen LogP contribution in [0.25, 0.3) is 0 Å². The number of benzene rings is 1. The number of nitrogens with one attached hydrogen (secondary N) is 1. The van der Waals surface area contributed by atoms with Crippen molar-refractivity contribution in [1.82, 2.24) is 0 Å². The summed E-state index contributed by atoms with van der Waals surface area (Å²) in [5.41, 5.74) is 0.900. The van der Waals surface area contributed by atoms with E-state index in [2.05, 4.69) is 5.32 Å². The lowest BCUT2D eigenvalue weighted by Gasteiger charge is -2.06. The number of hydrogen-bond acceptors (Lipinski definition) is 4. The standard InChI is InChI=1S/C10H15NO3S/c12-7-9-15(13,14)8-6-11-10-4-2-1-3-5-10/h1-5,11-12H,6-9H2. The van der Waals surface area contributed by atoms with Gasteiger partial charge in [0.05, 0.1) is 18.1 Å². The number of para-hydroxylation sites is 1. The Hall–Kier alpha value is -1.07. The van der Waals surface area contributed by atoms with Crippen LogP contribution in [0, 0.1) is 0 Å². The van der Waals surface area contributed by atoms with Gasteiger partial charge in [0.15, 0.2) is 9.84 Å². The van der Waals surface area contributed by atoms with E-state index in [1.165, 1.54) is 0 Å². The largest absolute Gasteiger partial charge is 0.395 e. The fourth-order valence-corrected chi connectivity index (χ4v) is 2.04. The summed E-state index contributed by atoms with van der Waals surface area (Å²) in [6.45, 7) is 0.0556. The highest BCUT2D eigenvalue weighted by atomic mass is 32.2. The highest BCUT2D eigenvalue weighted by Gasteiger charge is 2.08. The lowest BCUT2D eigenvalue weighted by atomic mass is 10.3. The van der Waals surface area contributed by atoms with Gasteiger partial charge in [-0.25, -0.2) is 8.42 Å². The minimum atomic E-state index is -3.11. The molecule has 84 valence electrons. The van der Waals surface area contributed by atoms with Gasteiger partial charge in [0.2, 0.25) is 0 Å². The summed E-state index contributed by atoms with van der Waals surface area (Å²) in [5, 5.41) is 11.5. The van der Waals surface area contributed by atoms with E-state index < -0.39 is 9.84 Å². The van der Waals surface area contributed by atoms with Gasteiger partial charge in [-0.2, -0.15) is 0 Å². The molecule has 1 rings (SSSR count). The number of rotatable bonds is 6. The average Bonchev–Trinajstić information content (AvgIpc) is 2.19. The highest BCUT2D eigenvalue weighted by Crippen LogP contribution is 2.04. The van der Waals surface area contributed by atoms with Gasteiger partial charge in [-0.05, 0) is 12.1 Å². The Morgan fingerprint density at radius 3 is 2.40 bits per heavy atom. The molecule has 2 N–H and O–H groups in total. The molecule has 5 heteroatoms. The molecule has 0 radical (unpaired) electrons. The summed E-state index contributed by atoms with van der Waals surface area (Å²) in [6, 6.07) is 9.40. The molecule has 1 aromatic rings. The number of anilines is 1. The maximum Gasteiger partial charge on any atom is 0.154 e. The summed E-state index contributed by atoms with van der Waals surface area (Å²) in [7, 11) is -3.11. The Labute approximate surface area is 89.9 Å². The van der Waals surface area contributed by atoms with Gasteiger partial charge in [-0.3, -0.25) is 0 Å². The van der Waals surface area contributed by atoms with Gasteiger partial charge in [0.25, 0.3) is 0 Å². The average molecular weight is 229 g/mol. The molecule has 0 saturated heterocycles. The maximum atomic E-state index is 11.2. The second-order valence-electron chi connectivity index (χ2n) is 3.17. The fraction of sp³-hybridized carbons (Fsp3) is 0.400. The first-order chi connectivity index (χ1) is 7.14. The van der Waals surface area contributed by atoms with Crippen molar-refractivity contribution in [3.05, 3.63) is 30.3 Å². The third kappa shape index (κ3) is 4.80. The molecule has 0 aliphatic carbocycles. The Kier molecular flexibility index (Phi) is 4.58. The first kappa shape index (κ1) is 12.0. The molecule has 0 fully saturated rings. The van der Waals surface area contributed by atoms with Crippen molar-refractivity contribution in [1.29, 1.82) is 0 Å². The molecular formula is C10H15NO3S. The van der Waals surface area contributed by atoms with Crippen LogP contribution in [0.4, 0.5) is 5.69 Å². The van der Waals surface area contributed by atoms with Gasteiger partial charge in [0.1, 0.15) is 0 Å². The van der Waals surface area contributed by atoms with Crippen LogP contribution >= 0.6 is 0 Å². The van der Waals surface area contributed by atoms with Crippen molar-refractivity contribution in [2.24, 2.45) is 0 Å². The van der Waals surface area contributed by atoms with Crippen molar-refractivity contribution < 1.29 is 13.5 Å². The third-order valence-corrected chi connectivity index (χ3v) is 3.55. The molecule has 0 atom stereocenters. The molecule has 0 heterocycles. The zero-order valence-corrected chi connectivity index (χ0v) is 9.20. The zero-order chi connectivity index (χ0) is 11.1. The zero-order valence-electron chi connectivity index (χ0n) is 8.39. The van der Waals surface area contributed by atoms with Gasteiger partial charge in [0, 0.05) is 12.2 Å². The van der Waals surface area contributed by atoms with Crippen LogP contribution in [0.3, 0.4) is 0 Å².